The summed E-state index contributed by atoms with van der Waals surface area (Å²) in [6, 6.07) is 8.00. The molecule has 116 valence electrons. The van der Waals surface area contributed by atoms with Gasteiger partial charge in [-0.15, -0.1) is 0 Å². The molecule has 2 heterocycles. The maximum Gasteiger partial charge on any atom is 0.271 e. The fourth-order valence-electron chi connectivity index (χ4n) is 2.78. The van der Waals surface area contributed by atoms with Gasteiger partial charge in [0.25, 0.3) is 5.91 Å². The van der Waals surface area contributed by atoms with Gasteiger partial charge < -0.3 is 9.80 Å². The molecule has 0 saturated carbocycles. The van der Waals surface area contributed by atoms with E-state index < -0.39 is 0 Å². The Labute approximate surface area is 128 Å². The van der Waals surface area contributed by atoms with Crippen molar-refractivity contribution < 1.29 is 9.18 Å². The Kier molecular flexibility index (Phi) is 3.94. The van der Waals surface area contributed by atoms with Crippen LogP contribution in [0.5, 0.6) is 0 Å². The van der Waals surface area contributed by atoms with Crippen LogP contribution in [-0.2, 0) is 0 Å². The Bertz CT molecular complexity index is 667. The van der Waals surface area contributed by atoms with Gasteiger partial charge in [-0.3, -0.25) is 9.89 Å². The van der Waals surface area contributed by atoms with Crippen LogP contribution in [0, 0.1) is 5.82 Å². The van der Waals surface area contributed by atoms with Crippen molar-refractivity contribution in [2.45, 2.75) is 12.5 Å². The van der Waals surface area contributed by atoms with Gasteiger partial charge >= 0.3 is 0 Å². The summed E-state index contributed by atoms with van der Waals surface area (Å²) in [6.45, 7) is 1.90. The van der Waals surface area contributed by atoms with E-state index in [4.69, 9.17) is 0 Å². The van der Waals surface area contributed by atoms with Crippen LogP contribution >= 0.6 is 0 Å². The summed E-state index contributed by atoms with van der Waals surface area (Å²) in [4.78, 5) is 16.5. The first-order valence-corrected chi connectivity index (χ1v) is 7.31. The third-order valence-electron chi connectivity index (χ3n) is 4.18. The summed E-state index contributed by atoms with van der Waals surface area (Å²) in [5.41, 5.74) is 1.87. The van der Waals surface area contributed by atoms with Crippen molar-refractivity contribution in [3.8, 4) is 11.3 Å². The number of rotatable bonds is 3. The summed E-state index contributed by atoms with van der Waals surface area (Å²) in [5.74, 6) is -0.359. The third kappa shape index (κ3) is 2.87. The first kappa shape index (κ1) is 14.7. The van der Waals surface area contributed by atoms with Crippen LogP contribution < -0.4 is 0 Å². The average molecular weight is 302 g/mol. The summed E-state index contributed by atoms with van der Waals surface area (Å²) in [7, 11) is 3.88. The van der Waals surface area contributed by atoms with Crippen LogP contribution in [0.2, 0.25) is 0 Å². The maximum atomic E-state index is 13.0. The Morgan fingerprint density at radius 1 is 1.41 bits per heavy atom. The van der Waals surface area contributed by atoms with Gasteiger partial charge in [0.2, 0.25) is 0 Å². The van der Waals surface area contributed by atoms with Gasteiger partial charge in [-0.25, -0.2) is 4.39 Å². The second-order valence-electron chi connectivity index (χ2n) is 5.79. The SMILES string of the molecule is CN1CC[C@@H](N(C)C(=O)c2cc(-c3ccc(F)cc3)n[nH]2)C1. The number of hydrogen-bond donors (Lipinski definition) is 1. The Morgan fingerprint density at radius 2 is 2.14 bits per heavy atom. The van der Waals surface area contributed by atoms with E-state index in [2.05, 4.69) is 22.1 Å². The molecule has 6 heteroatoms. The molecule has 1 aromatic heterocycles. The average Bonchev–Trinajstić information content (AvgIpc) is 3.15. The smallest absolute Gasteiger partial charge is 0.271 e. The standard InChI is InChI=1S/C16H19FN4O/c1-20-8-7-13(10-20)21(2)16(22)15-9-14(18-19-15)11-3-5-12(17)6-4-11/h3-6,9,13H,7-8,10H2,1-2H3,(H,18,19)/t13-/m1/s1. The van der Waals surface area contributed by atoms with Crippen molar-refractivity contribution in [3.05, 3.63) is 41.8 Å². The third-order valence-corrected chi connectivity index (χ3v) is 4.18. The van der Waals surface area contributed by atoms with Crippen LogP contribution in [-0.4, -0.2) is 59.1 Å². The number of aromatic nitrogens is 2. The minimum Gasteiger partial charge on any atom is -0.336 e. The predicted octanol–water partition coefficient (Wildman–Crippen LogP) is 1.99. The highest BCUT2D eigenvalue weighted by molar-refractivity contribution is 5.93. The van der Waals surface area contributed by atoms with Crippen molar-refractivity contribution in [1.82, 2.24) is 20.0 Å². The Morgan fingerprint density at radius 3 is 2.77 bits per heavy atom. The molecule has 22 heavy (non-hydrogen) atoms. The molecule has 1 aliphatic rings. The fraction of sp³-hybridized carbons (Fsp3) is 0.375. The molecule has 1 saturated heterocycles. The Hall–Kier alpha value is -2.21. The molecule has 1 amide bonds. The van der Waals surface area contributed by atoms with E-state index in [-0.39, 0.29) is 17.8 Å². The molecule has 1 N–H and O–H groups in total. The van der Waals surface area contributed by atoms with Gasteiger partial charge in [-0.2, -0.15) is 5.10 Å². The van der Waals surface area contributed by atoms with E-state index in [0.29, 0.717) is 11.4 Å². The topological polar surface area (TPSA) is 52.2 Å². The number of nitrogens with zero attached hydrogens (tertiary/aromatic N) is 3. The number of likely N-dealkylation sites (tertiary alicyclic amines) is 1. The first-order valence-electron chi connectivity index (χ1n) is 7.31. The van der Waals surface area contributed by atoms with Gasteiger partial charge in [0.1, 0.15) is 11.5 Å². The molecule has 2 aromatic rings. The number of carbonyl (C=O) groups excluding carboxylic acids is 1. The lowest BCUT2D eigenvalue weighted by Crippen LogP contribution is -2.38. The highest BCUT2D eigenvalue weighted by Gasteiger charge is 2.27. The van der Waals surface area contributed by atoms with Crippen LogP contribution in [0.1, 0.15) is 16.9 Å². The normalized spacial score (nSPS) is 18.6. The van der Waals surface area contributed by atoms with Crippen LogP contribution in [0.25, 0.3) is 11.3 Å². The zero-order valence-electron chi connectivity index (χ0n) is 12.7. The number of H-pyrrole nitrogens is 1. The molecule has 1 fully saturated rings. The molecule has 3 rings (SSSR count). The van der Waals surface area contributed by atoms with Crippen LogP contribution in [0.3, 0.4) is 0 Å². The quantitative estimate of drug-likeness (QED) is 0.943. The van der Waals surface area contributed by atoms with E-state index in [1.807, 2.05) is 7.05 Å². The molecule has 1 aromatic carbocycles. The molecular weight excluding hydrogens is 283 g/mol. The number of benzene rings is 1. The monoisotopic (exact) mass is 302 g/mol. The molecule has 1 aliphatic heterocycles. The number of amides is 1. The van der Waals surface area contributed by atoms with E-state index in [1.54, 1.807) is 23.1 Å². The van der Waals surface area contributed by atoms with E-state index >= 15 is 0 Å². The lowest BCUT2D eigenvalue weighted by molar-refractivity contribution is 0.0731. The van der Waals surface area contributed by atoms with Crippen LogP contribution in [0.15, 0.2) is 30.3 Å². The van der Waals surface area contributed by atoms with E-state index in [1.165, 1.54) is 12.1 Å². The molecular formula is C16H19FN4O. The van der Waals surface area contributed by atoms with E-state index in [0.717, 1.165) is 25.1 Å². The second kappa shape index (κ2) is 5.88. The summed E-state index contributed by atoms with van der Waals surface area (Å²) in [5, 5.41) is 6.94. The minimum absolute atomic E-state index is 0.0684. The molecule has 0 bridgehead atoms. The zero-order valence-corrected chi connectivity index (χ0v) is 12.7. The van der Waals surface area contributed by atoms with Crippen molar-refractivity contribution in [2.75, 3.05) is 27.2 Å². The number of carbonyl (C=O) groups is 1. The highest BCUT2D eigenvalue weighted by atomic mass is 19.1. The lowest BCUT2D eigenvalue weighted by Gasteiger charge is -2.23. The minimum atomic E-state index is -0.291. The van der Waals surface area contributed by atoms with Crippen LogP contribution in [0.4, 0.5) is 4.39 Å². The number of likely N-dealkylation sites (N-methyl/N-ethyl adjacent to an activating group) is 2. The number of hydrogen-bond acceptors (Lipinski definition) is 3. The fourth-order valence-corrected chi connectivity index (χ4v) is 2.78. The van der Waals surface area contributed by atoms with Gasteiger partial charge in [0.15, 0.2) is 0 Å². The molecule has 0 spiro atoms. The van der Waals surface area contributed by atoms with Gasteiger partial charge in [0, 0.05) is 25.2 Å². The van der Waals surface area contributed by atoms with Crippen molar-refractivity contribution in [3.63, 3.8) is 0 Å². The molecule has 1 atom stereocenters. The summed E-state index contributed by atoms with van der Waals surface area (Å²) < 4.78 is 13.0. The molecule has 0 aliphatic carbocycles. The number of halogens is 1. The molecule has 0 unspecified atom stereocenters. The number of nitrogens with one attached hydrogen (secondary N) is 1. The second-order valence-corrected chi connectivity index (χ2v) is 5.79. The maximum absolute atomic E-state index is 13.0. The zero-order chi connectivity index (χ0) is 15.7. The van der Waals surface area contributed by atoms with E-state index in [9.17, 15) is 9.18 Å². The van der Waals surface area contributed by atoms with Gasteiger partial charge in [-0.1, -0.05) is 0 Å². The van der Waals surface area contributed by atoms with Gasteiger partial charge in [0.05, 0.1) is 5.69 Å². The molecule has 5 nitrogen and oxygen atoms in total. The largest absolute Gasteiger partial charge is 0.336 e. The molecule has 0 radical (unpaired) electrons. The number of aromatic amines is 1. The van der Waals surface area contributed by atoms with Crippen molar-refractivity contribution in [1.29, 1.82) is 0 Å². The van der Waals surface area contributed by atoms with Gasteiger partial charge in [-0.05, 0) is 50.3 Å². The summed E-state index contributed by atoms with van der Waals surface area (Å²) >= 11 is 0. The lowest BCUT2D eigenvalue weighted by atomic mass is 10.1. The van der Waals surface area contributed by atoms with Crippen molar-refractivity contribution in [2.24, 2.45) is 0 Å². The predicted molar refractivity (Wildman–Crippen MR) is 82.0 cm³/mol. The van der Waals surface area contributed by atoms with Crippen molar-refractivity contribution >= 4 is 5.91 Å². The summed E-state index contributed by atoms with van der Waals surface area (Å²) in [6.07, 6.45) is 0.984. The Balaban J connectivity index is 1.75. The first-order chi connectivity index (χ1) is 10.5. The highest BCUT2D eigenvalue weighted by Crippen LogP contribution is 2.20.